The summed E-state index contributed by atoms with van der Waals surface area (Å²) >= 11 is 0. The molecule has 2 aliphatic heterocycles. The highest BCUT2D eigenvalue weighted by molar-refractivity contribution is 6.07. The van der Waals surface area contributed by atoms with Crippen molar-refractivity contribution in [3.63, 3.8) is 0 Å². The molecule has 164 valence electrons. The van der Waals surface area contributed by atoms with Gasteiger partial charge in [-0.3, -0.25) is 19.8 Å². The van der Waals surface area contributed by atoms with Crippen molar-refractivity contribution in [2.75, 3.05) is 18.4 Å². The number of nitrogens with one attached hydrogen (secondary N) is 3. The van der Waals surface area contributed by atoms with Gasteiger partial charge in [0.15, 0.2) is 0 Å². The lowest BCUT2D eigenvalue weighted by molar-refractivity contribution is -0.124. The number of nitrogens with zero attached hydrogens (tertiary/aromatic N) is 1. The lowest BCUT2D eigenvalue weighted by Crippen LogP contribution is -2.51. The van der Waals surface area contributed by atoms with Gasteiger partial charge >= 0.3 is 12.1 Å². The summed E-state index contributed by atoms with van der Waals surface area (Å²) in [6.07, 6.45) is 0.607. The number of benzene rings is 2. The number of carbonyl (C=O) groups is 4. The van der Waals surface area contributed by atoms with Crippen LogP contribution in [-0.2, 0) is 27.2 Å². The van der Waals surface area contributed by atoms with Gasteiger partial charge < -0.3 is 15.4 Å². The van der Waals surface area contributed by atoms with Crippen LogP contribution in [0.15, 0.2) is 48.5 Å². The van der Waals surface area contributed by atoms with Crippen LogP contribution >= 0.6 is 0 Å². The van der Waals surface area contributed by atoms with Gasteiger partial charge in [-0.05, 0) is 41.7 Å². The molecule has 2 aromatic carbocycles. The van der Waals surface area contributed by atoms with Gasteiger partial charge in [0.1, 0.15) is 18.2 Å². The topological polar surface area (TPSA) is 117 Å². The zero-order chi connectivity index (χ0) is 22.3. The van der Waals surface area contributed by atoms with E-state index >= 15 is 0 Å². The van der Waals surface area contributed by atoms with Gasteiger partial charge in [-0.25, -0.2) is 9.59 Å². The molecule has 1 spiro atoms. The lowest BCUT2D eigenvalue weighted by Gasteiger charge is -2.32. The van der Waals surface area contributed by atoms with Crippen LogP contribution in [-0.4, -0.2) is 47.5 Å². The lowest BCUT2D eigenvalue weighted by atomic mass is 9.78. The van der Waals surface area contributed by atoms with E-state index < -0.39 is 17.7 Å². The van der Waals surface area contributed by atoms with Crippen molar-refractivity contribution in [2.45, 2.75) is 30.9 Å². The maximum atomic E-state index is 12.5. The summed E-state index contributed by atoms with van der Waals surface area (Å²) in [6, 6.07) is 14.5. The van der Waals surface area contributed by atoms with Gasteiger partial charge in [0, 0.05) is 12.1 Å². The highest BCUT2D eigenvalue weighted by atomic mass is 16.6. The summed E-state index contributed by atoms with van der Waals surface area (Å²) in [7, 11) is 0. The molecule has 2 saturated heterocycles. The van der Waals surface area contributed by atoms with Crippen molar-refractivity contribution < 1.29 is 23.9 Å². The van der Waals surface area contributed by atoms with Crippen LogP contribution in [0.2, 0.25) is 0 Å². The number of carbonyl (C=O) groups excluding carboxylic acids is 4. The monoisotopic (exact) mass is 434 g/mol. The van der Waals surface area contributed by atoms with Gasteiger partial charge in [0.25, 0.3) is 5.91 Å². The Labute approximate surface area is 184 Å². The number of urea groups is 1. The molecule has 0 aromatic heterocycles. The van der Waals surface area contributed by atoms with E-state index in [-0.39, 0.29) is 24.5 Å². The minimum Gasteiger partial charge on any atom is -0.439 e. The van der Waals surface area contributed by atoms with Crippen LogP contribution in [0.1, 0.15) is 29.2 Å². The van der Waals surface area contributed by atoms with Crippen LogP contribution in [0.5, 0.6) is 0 Å². The maximum absolute atomic E-state index is 12.5. The molecular formula is C23H22N4O5. The number of rotatable bonds is 4. The van der Waals surface area contributed by atoms with Crippen LogP contribution in [0.4, 0.5) is 15.3 Å². The van der Waals surface area contributed by atoms with Crippen molar-refractivity contribution in [3.05, 3.63) is 65.2 Å². The first-order valence-corrected chi connectivity index (χ1v) is 10.5. The Balaban J connectivity index is 1.21. The largest absolute Gasteiger partial charge is 0.439 e. The Morgan fingerprint density at radius 3 is 2.69 bits per heavy atom. The minimum atomic E-state index is -0.889. The fourth-order valence-corrected chi connectivity index (χ4v) is 4.55. The first kappa shape index (κ1) is 20.0. The van der Waals surface area contributed by atoms with E-state index in [1.54, 1.807) is 6.07 Å². The highest BCUT2D eigenvalue weighted by Crippen LogP contribution is 2.32. The fraction of sp³-hybridized carbons (Fsp3) is 0.304. The van der Waals surface area contributed by atoms with E-state index in [1.807, 2.05) is 42.5 Å². The van der Waals surface area contributed by atoms with Crippen molar-refractivity contribution in [1.29, 1.82) is 0 Å². The van der Waals surface area contributed by atoms with Crippen LogP contribution in [0.3, 0.4) is 0 Å². The van der Waals surface area contributed by atoms with E-state index in [9.17, 15) is 19.2 Å². The summed E-state index contributed by atoms with van der Waals surface area (Å²) in [5, 5.41) is 7.89. The Hall–Kier alpha value is -3.88. The Morgan fingerprint density at radius 1 is 1.12 bits per heavy atom. The number of cyclic esters (lactones) is 1. The van der Waals surface area contributed by atoms with Gasteiger partial charge in [-0.1, -0.05) is 36.4 Å². The Kier molecular flexibility index (Phi) is 4.80. The molecule has 2 heterocycles. The second-order valence-corrected chi connectivity index (χ2v) is 8.36. The van der Waals surface area contributed by atoms with Gasteiger partial charge in [-0.15, -0.1) is 0 Å². The molecule has 3 N–H and O–H groups in total. The first-order valence-electron chi connectivity index (χ1n) is 10.5. The summed E-state index contributed by atoms with van der Waals surface area (Å²) in [6.45, 7) is 0.213. The molecular weight excluding hydrogens is 412 g/mol. The predicted molar refractivity (Wildman–Crippen MR) is 114 cm³/mol. The summed E-state index contributed by atoms with van der Waals surface area (Å²) in [5.74, 6) is -0.609. The number of ether oxygens (including phenoxy) is 1. The van der Waals surface area contributed by atoms with Crippen LogP contribution in [0, 0.1) is 0 Å². The SMILES string of the molecule is O=C(CN1CC(c2ccccc2)OC1=O)Nc1ccc2c(c1)CCC1(C2)NC(=O)NC1=O. The highest BCUT2D eigenvalue weighted by Gasteiger charge is 2.47. The van der Waals surface area contributed by atoms with Crippen molar-refractivity contribution in [3.8, 4) is 0 Å². The average molecular weight is 434 g/mol. The average Bonchev–Trinajstić information content (AvgIpc) is 3.27. The number of anilines is 1. The molecule has 3 aliphatic rings. The summed E-state index contributed by atoms with van der Waals surface area (Å²) in [5.41, 5.74) is 2.60. The third-order valence-electron chi connectivity index (χ3n) is 6.21. The molecule has 2 aromatic rings. The van der Waals surface area contributed by atoms with Gasteiger partial charge in [0.05, 0.1) is 6.54 Å². The molecule has 2 fully saturated rings. The third kappa shape index (κ3) is 3.66. The molecule has 5 rings (SSSR count). The maximum Gasteiger partial charge on any atom is 0.411 e. The molecule has 0 saturated carbocycles. The van der Waals surface area contributed by atoms with E-state index in [1.165, 1.54) is 4.90 Å². The second kappa shape index (κ2) is 7.67. The van der Waals surface area contributed by atoms with E-state index in [0.717, 1.165) is 16.7 Å². The molecule has 5 amide bonds. The van der Waals surface area contributed by atoms with Gasteiger partial charge in [-0.2, -0.15) is 0 Å². The summed E-state index contributed by atoms with van der Waals surface area (Å²) < 4.78 is 5.39. The molecule has 2 atom stereocenters. The van der Waals surface area contributed by atoms with E-state index in [0.29, 0.717) is 31.5 Å². The Bertz CT molecular complexity index is 1120. The number of hydrogen-bond acceptors (Lipinski definition) is 5. The van der Waals surface area contributed by atoms with Gasteiger partial charge in [0.2, 0.25) is 5.91 Å². The number of amides is 5. The quantitative estimate of drug-likeness (QED) is 0.636. The second-order valence-electron chi connectivity index (χ2n) is 8.36. The van der Waals surface area contributed by atoms with Crippen LogP contribution < -0.4 is 16.0 Å². The van der Waals surface area contributed by atoms with E-state index in [4.69, 9.17) is 4.74 Å². The summed E-state index contributed by atoms with van der Waals surface area (Å²) in [4.78, 5) is 49.9. The molecule has 0 radical (unpaired) electrons. The number of imide groups is 1. The molecule has 32 heavy (non-hydrogen) atoms. The third-order valence-corrected chi connectivity index (χ3v) is 6.21. The normalized spacial score (nSPS) is 24.1. The molecule has 2 unspecified atom stereocenters. The smallest absolute Gasteiger partial charge is 0.411 e. The Morgan fingerprint density at radius 2 is 1.94 bits per heavy atom. The minimum absolute atomic E-state index is 0.103. The molecule has 9 heteroatoms. The standard InChI is InChI=1S/C23H22N4O5/c28-19(13-27-12-18(32-22(27)31)14-4-2-1-3-5-14)24-17-7-6-16-11-23(9-8-15(16)10-17)20(29)25-21(30)26-23/h1-7,10,18H,8-9,11-13H2,(H,24,28)(H2,25,26,29,30). The van der Waals surface area contributed by atoms with Crippen LogP contribution in [0.25, 0.3) is 0 Å². The number of fused-ring (bicyclic) bond motifs is 1. The number of aryl methyl sites for hydroxylation is 1. The van der Waals surface area contributed by atoms with Crippen molar-refractivity contribution in [1.82, 2.24) is 15.5 Å². The number of hydrogen-bond donors (Lipinski definition) is 3. The molecule has 1 aliphatic carbocycles. The predicted octanol–water partition coefficient (Wildman–Crippen LogP) is 1.89. The zero-order valence-corrected chi connectivity index (χ0v) is 17.2. The molecule has 9 nitrogen and oxygen atoms in total. The fourth-order valence-electron chi connectivity index (χ4n) is 4.55. The van der Waals surface area contributed by atoms with Crippen molar-refractivity contribution in [2.24, 2.45) is 0 Å². The molecule has 0 bridgehead atoms. The van der Waals surface area contributed by atoms with Crippen molar-refractivity contribution >= 4 is 29.6 Å². The zero-order valence-electron chi connectivity index (χ0n) is 17.2. The first-order chi connectivity index (χ1) is 15.4. The van der Waals surface area contributed by atoms with E-state index in [2.05, 4.69) is 16.0 Å².